The first-order valence-corrected chi connectivity index (χ1v) is 7.35. The van der Waals surface area contributed by atoms with Gasteiger partial charge in [-0.1, -0.05) is 19.1 Å². The first kappa shape index (κ1) is 13.3. The highest BCUT2D eigenvalue weighted by Gasteiger charge is 2.29. The predicted molar refractivity (Wildman–Crippen MR) is 79.6 cm³/mol. The molecule has 2 aromatic rings. The number of furan rings is 1. The van der Waals surface area contributed by atoms with Crippen molar-refractivity contribution >= 4 is 5.69 Å². The van der Waals surface area contributed by atoms with Gasteiger partial charge >= 0.3 is 0 Å². The van der Waals surface area contributed by atoms with Crippen LogP contribution in [-0.2, 0) is 6.54 Å². The molecule has 0 unspecified atom stereocenters. The summed E-state index contributed by atoms with van der Waals surface area (Å²) in [4.78, 5) is 2.39. The highest BCUT2D eigenvalue weighted by Crippen LogP contribution is 2.33. The molecule has 1 aliphatic rings. The number of aliphatic hydroxyl groups is 1. The number of hydrogen-bond acceptors (Lipinski definition) is 3. The number of rotatable bonds is 6. The number of aliphatic hydroxyl groups excluding tert-OH is 1. The molecule has 1 saturated carbocycles. The maximum Gasteiger partial charge on any atom is 0.123 e. The predicted octanol–water partition coefficient (Wildman–Crippen LogP) is 3.89. The molecule has 106 valence electrons. The fourth-order valence-electron chi connectivity index (χ4n) is 2.51. The summed E-state index contributed by atoms with van der Waals surface area (Å²) in [6, 6.07) is 12.8. The molecule has 0 radical (unpaired) electrons. The van der Waals surface area contributed by atoms with Crippen molar-refractivity contribution in [1.29, 1.82) is 0 Å². The Hall–Kier alpha value is -1.74. The van der Waals surface area contributed by atoms with Crippen LogP contribution in [0.5, 0.6) is 0 Å². The maximum atomic E-state index is 9.86. The van der Waals surface area contributed by atoms with Crippen LogP contribution in [-0.4, -0.2) is 11.1 Å². The summed E-state index contributed by atoms with van der Waals surface area (Å²) in [5.74, 6) is 0.995. The highest BCUT2D eigenvalue weighted by molar-refractivity contribution is 5.50. The van der Waals surface area contributed by atoms with Gasteiger partial charge in [-0.2, -0.15) is 0 Å². The number of hydrogen-bond donors (Lipinski definition) is 1. The van der Waals surface area contributed by atoms with Gasteiger partial charge in [0, 0.05) is 11.7 Å². The third kappa shape index (κ3) is 2.88. The molecule has 3 rings (SSSR count). The molecule has 20 heavy (non-hydrogen) atoms. The molecule has 1 N–H and O–H groups in total. The Morgan fingerprint density at radius 2 is 2.00 bits per heavy atom. The molecule has 0 amide bonds. The number of nitrogens with zero attached hydrogens (tertiary/aromatic N) is 1. The summed E-state index contributed by atoms with van der Waals surface area (Å²) >= 11 is 0. The molecule has 1 aromatic carbocycles. The van der Waals surface area contributed by atoms with Gasteiger partial charge in [0.1, 0.15) is 5.76 Å². The van der Waals surface area contributed by atoms with Crippen LogP contribution in [0.4, 0.5) is 5.69 Å². The molecular formula is C17H21NO2. The largest absolute Gasteiger partial charge is 0.467 e. The van der Waals surface area contributed by atoms with Gasteiger partial charge in [0.05, 0.1) is 18.9 Å². The molecule has 0 bridgehead atoms. The van der Waals surface area contributed by atoms with Crippen LogP contribution >= 0.6 is 0 Å². The lowest BCUT2D eigenvalue weighted by molar-refractivity contribution is 0.173. The van der Waals surface area contributed by atoms with Crippen molar-refractivity contribution in [3.63, 3.8) is 0 Å². The van der Waals surface area contributed by atoms with Crippen molar-refractivity contribution in [3.8, 4) is 0 Å². The summed E-state index contributed by atoms with van der Waals surface area (Å²) in [5, 5.41) is 9.86. The first-order chi connectivity index (χ1) is 9.78. The molecule has 0 spiro atoms. The highest BCUT2D eigenvalue weighted by atomic mass is 16.3. The maximum absolute atomic E-state index is 9.86. The summed E-state index contributed by atoms with van der Waals surface area (Å²) in [5.41, 5.74) is 2.20. The van der Waals surface area contributed by atoms with Gasteiger partial charge in [-0.15, -0.1) is 0 Å². The number of anilines is 1. The Morgan fingerprint density at radius 1 is 1.25 bits per heavy atom. The van der Waals surface area contributed by atoms with E-state index in [1.165, 1.54) is 18.5 Å². The van der Waals surface area contributed by atoms with Gasteiger partial charge in [-0.05, 0) is 49.1 Å². The van der Waals surface area contributed by atoms with E-state index in [1.54, 1.807) is 6.26 Å². The normalized spacial score (nSPS) is 16.1. The van der Waals surface area contributed by atoms with Crippen LogP contribution in [0.1, 0.15) is 43.6 Å². The van der Waals surface area contributed by atoms with E-state index in [9.17, 15) is 5.11 Å². The third-order valence-electron chi connectivity index (χ3n) is 3.89. The quantitative estimate of drug-likeness (QED) is 0.866. The van der Waals surface area contributed by atoms with Crippen LogP contribution in [0, 0.1) is 0 Å². The zero-order chi connectivity index (χ0) is 13.9. The topological polar surface area (TPSA) is 36.6 Å². The fraction of sp³-hybridized carbons (Fsp3) is 0.412. The van der Waals surface area contributed by atoms with Crippen molar-refractivity contribution in [2.24, 2.45) is 0 Å². The molecular weight excluding hydrogens is 250 g/mol. The molecule has 3 heteroatoms. The standard InChI is InChI=1S/C17H21NO2/c1-2-17(19)13-5-7-14(8-6-13)18(15-9-10-15)12-16-4-3-11-20-16/h3-8,11,15,17,19H,2,9-10,12H2,1H3/t17-/m0/s1. The fourth-order valence-corrected chi connectivity index (χ4v) is 2.51. The Bertz CT molecular complexity index is 529. The molecule has 1 heterocycles. The van der Waals surface area contributed by atoms with E-state index >= 15 is 0 Å². The molecule has 0 aliphatic heterocycles. The van der Waals surface area contributed by atoms with Gasteiger partial charge in [-0.25, -0.2) is 0 Å². The Balaban J connectivity index is 1.77. The van der Waals surface area contributed by atoms with E-state index in [1.807, 2.05) is 31.2 Å². The van der Waals surface area contributed by atoms with Gasteiger partial charge in [0.2, 0.25) is 0 Å². The Morgan fingerprint density at radius 3 is 2.55 bits per heavy atom. The van der Waals surface area contributed by atoms with Gasteiger partial charge in [0.15, 0.2) is 0 Å². The van der Waals surface area contributed by atoms with Crippen molar-refractivity contribution < 1.29 is 9.52 Å². The Labute approximate surface area is 119 Å². The van der Waals surface area contributed by atoms with Crippen molar-refractivity contribution in [2.45, 2.75) is 44.9 Å². The molecule has 3 nitrogen and oxygen atoms in total. The minimum atomic E-state index is -0.358. The second-order valence-corrected chi connectivity index (χ2v) is 5.45. The lowest BCUT2D eigenvalue weighted by Crippen LogP contribution is -2.24. The molecule has 1 atom stereocenters. The van der Waals surface area contributed by atoms with Crippen LogP contribution in [0.25, 0.3) is 0 Å². The van der Waals surface area contributed by atoms with Crippen LogP contribution < -0.4 is 4.90 Å². The lowest BCUT2D eigenvalue weighted by atomic mass is 10.1. The lowest BCUT2D eigenvalue weighted by Gasteiger charge is -2.24. The zero-order valence-electron chi connectivity index (χ0n) is 11.8. The van der Waals surface area contributed by atoms with Crippen LogP contribution in [0.3, 0.4) is 0 Å². The van der Waals surface area contributed by atoms with E-state index < -0.39 is 0 Å². The minimum Gasteiger partial charge on any atom is -0.467 e. The second-order valence-electron chi connectivity index (χ2n) is 5.45. The molecule has 1 aliphatic carbocycles. The van der Waals surface area contributed by atoms with E-state index in [0.717, 1.165) is 24.3 Å². The van der Waals surface area contributed by atoms with Crippen LogP contribution in [0.15, 0.2) is 47.1 Å². The average Bonchev–Trinajstić information content (AvgIpc) is 3.21. The monoisotopic (exact) mass is 271 g/mol. The summed E-state index contributed by atoms with van der Waals surface area (Å²) < 4.78 is 5.46. The average molecular weight is 271 g/mol. The van der Waals surface area contributed by atoms with E-state index in [4.69, 9.17) is 4.42 Å². The zero-order valence-corrected chi connectivity index (χ0v) is 11.8. The first-order valence-electron chi connectivity index (χ1n) is 7.35. The van der Waals surface area contributed by atoms with E-state index in [0.29, 0.717) is 6.04 Å². The molecule has 1 fully saturated rings. The van der Waals surface area contributed by atoms with Crippen molar-refractivity contribution in [1.82, 2.24) is 0 Å². The minimum absolute atomic E-state index is 0.358. The summed E-state index contributed by atoms with van der Waals surface area (Å²) in [7, 11) is 0. The van der Waals surface area contributed by atoms with Gasteiger partial charge in [0.25, 0.3) is 0 Å². The molecule has 1 aromatic heterocycles. The van der Waals surface area contributed by atoms with Crippen molar-refractivity contribution in [3.05, 3.63) is 54.0 Å². The second kappa shape index (κ2) is 5.71. The van der Waals surface area contributed by atoms with Crippen molar-refractivity contribution in [2.75, 3.05) is 4.90 Å². The smallest absolute Gasteiger partial charge is 0.123 e. The summed E-state index contributed by atoms with van der Waals surface area (Å²) in [6.07, 6.45) is 4.61. The SMILES string of the molecule is CC[C@H](O)c1ccc(N(Cc2ccco2)C2CC2)cc1. The Kier molecular flexibility index (Phi) is 3.79. The number of benzene rings is 1. The van der Waals surface area contributed by atoms with Gasteiger partial charge in [-0.3, -0.25) is 0 Å². The summed E-state index contributed by atoms with van der Waals surface area (Å²) in [6.45, 7) is 2.80. The van der Waals surface area contributed by atoms with E-state index in [2.05, 4.69) is 17.0 Å². The third-order valence-corrected chi connectivity index (χ3v) is 3.89. The van der Waals surface area contributed by atoms with E-state index in [-0.39, 0.29) is 6.10 Å². The van der Waals surface area contributed by atoms with Crippen LogP contribution in [0.2, 0.25) is 0 Å². The van der Waals surface area contributed by atoms with Gasteiger partial charge < -0.3 is 14.4 Å². The molecule has 0 saturated heterocycles.